The highest BCUT2D eigenvalue weighted by Gasteiger charge is 2.19. The van der Waals surface area contributed by atoms with E-state index in [1.807, 2.05) is 6.92 Å². The summed E-state index contributed by atoms with van der Waals surface area (Å²) < 4.78 is 28.1. The first kappa shape index (κ1) is 15.2. The average molecular weight is 375 g/mol. The van der Waals surface area contributed by atoms with Crippen molar-refractivity contribution in [3.8, 4) is 0 Å². The molecule has 0 radical (unpaired) electrons. The Hall–Kier alpha value is -1.24. The molecule has 1 aromatic carbocycles. The van der Waals surface area contributed by atoms with Crippen LogP contribution in [-0.4, -0.2) is 19.9 Å². The number of sulfonamides is 1. The fraction of sp³-hybridized carbons (Fsp3) is 0.0769. The summed E-state index contributed by atoms with van der Waals surface area (Å²) in [6.45, 7) is 1.86. The lowest BCUT2D eigenvalue weighted by molar-refractivity contribution is -0.111. The Balaban J connectivity index is 2.44. The second-order valence-electron chi connectivity index (χ2n) is 4.12. The summed E-state index contributed by atoms with van der Waals surface area (Å²) in [5.74, 6) is -0.404. The van der Waals surface area contributed by atoms with Crippen LogP contribution in [-0.2, 0) is 14.8 Å². The monoisotopic (exact) mass is 373 g/mol. The van der Waals surface area contributed by atoms with Gasteiger partial charge in [-0.15, -0.1) is 0 Å². The van der Waals surface area contributed by atoms with Crippen molar-refractivity contribution in [3.05, 3.63) is 51.5 Å². The highest BCUT2D eigenvalue weighted by molar-refractivity contribution is 9.12. The molecule has 0 heterocycles. The van der Waals surface area contributed by atoms with Crippen molar-refractivity contribution in [2.24, 2.45) is 4.40 Å². The lowest BCUT2D eigenvalue weighted by atomic mass is 10.2. The zero-order valence-corrected chi connectivity index (χ0v) is 13.5. The molecule has 0 saturated carbocycles. The van der Waals surface area contributed by atoms with Crippen LogP contribution in [0.3, 0.4) is 0 Å². The molecule has 4 nitrogen and oxygen atoms in total. The van der Waals surface area contributed by atoms with Crippen LogP contribution in [0.5, 0.6) is 0 Å². The topological polar surface area (TPSA) is 63.6 Å². The minimum Gasteiger partial charge on any atom is -0.287 e. The normalized spacial score (nSPS) is 17.9. The van der Waals surface area contributed by atoms with Crippen LogP contribution < -0.4 is 0 Å². The number of hydrogen-bond acceptors (Lipinski definition) is 3. The van der Waals surface area contributed by atoms with Crippen molar-refractivity contribution in [1.82, 2.24) is 0 Å². The maximum Gasteiger partial charge on any atom is 0.282 e. The smallest absolute Gasteiger partial charge is 0.282 e. The number of nitrogens with zero attached hydrogens (tertiary/aromatic N) is 1. The maximum absolute atomic E-state index is 12.1. The van der Waals surface area contributed by atoms with Gasteiger partial charge in [-0.2, -0.15) is 12.8 Å². The van der Waals surface area contributed by atoms with E-state index >= 15 is 0 Å². The van der Waals surface area contributed by atoms with Gasteiger partial charge in [-0.25, -0.2) is 0 Å². The molecule has 1 aromatic rings. The Morgan fingerprint density at radius 2 is 1.75 bits per heavy atom. The number of rotatable bonds is 2. The van der Waals surface area contributed by atoms with Crippen LogP contribution in [0.15, 0.2) is 55.2 Å². The van der Waals surface area contributed by atoms with Gasteiger partial charge in [0.1, 0.15) is 0 Å². The zero-order valence-electron chi connectivity index (χ0n) is 10.3. The van der Waals surface area contributed by atoms with Gasteiger partial charge in [0.05, 0.1) is 20.1 Å². The Morgan fingerprint density at radius 1 is 1.15 bits per heavy atom. The van der Waals surface area contributed by atoms with Crippen molar-refractivity contribution in [3.63, 3.8) is 0 Å². The molecule has 0 unspecified atom stereocenters. The predicted molar refractivity (Wildman–Crippen MR) is 81.8 cm³/mol. The van der Waals surface area contributed by atoms with Gasteiger partial charge in [-0.05, 0) is 47.1 Å². The first-order valence-electron chi connectivity index (χ1n) is 5.50. The SMILES string of the molecule is Cc1ccc(S(=O)(=O)/N=C2\C=C(Cl)C(=O)C(Br)=C2)cc1. The summed E-state index contributed by atoms with van der Waals surface area (Å²) in [6, 6.07) is 6.33. The number of carbonyl (C=O) groups excluding carboxylic acids is 1. The second-order valence-corrected chi connectivity index (χ2v) is 6.98. The van der Waals surface area contributed by atoms with Gasteiger partial charge < -0.3 is 0 Å². The summed E-state index contributed by atoms with van der Waals surface area (Å²) in [7, 11) is -3.83. The minimum absolute atomic E-state index is 0.0848. The third-order valence-corrected chi connectivity index (χ3v) is 4.72. The number of benzene rings is 1. The molecule has 0 saturated heterocycles. The van der Waals surface area contributed by atoms with Gasteiger partial charge in [-0.3, -0.25) is 4.79 Å². The molecule has 0 amide bonds. The van der Waals surface area contributed by atoms with Gasteiger partial charge in [0.25, 0.3) is 10.0 Å². The van der Waals surface area contributed by atoms with Crippen LogP contribution in [0.2, 0.25) is 0 Å². The molecule has 0 fully saturated rings. The van der Waals surface area contributed by atoms with E-state index in [1.165, 1.54) is 24.3 Å². The molecule has 7 heteroatoms. The van der Waals surface area contributed by atoms with Crippen LogP contribution in [0.1, 0.15) is 5.56 Å². The van der Waals surface area contributed by atoms with E-state index in [0.29, 0.717) is 0 Å². The number of hydrogen-bond donors (Lipinski definition) is 0. The van der Waals surface area contributed by atoms with E-state index in [2.05, 4.69) is 20.3 Å². The summed E-state index contributed by atoms with van der Waals surface area (Å²) in [5, 5.41) is -0.0859. The largest absolute Gasteiger partial charge is 0.287 e. The van der Waals surface area contributed by atoms with Crippen LogP contribution in [0.4, 0.5) is 0 Å². The Bertz CT molecular complexity index is 737. The highest BCUT2D eigenvalue weighted by Crippen LogP contribution is 2.22. The molecule has 0 bridgehead atoms. The van der Waals surface area contributed by atoms with Crippen molar-refractivity contribution in [2.45, 2.75) is 11.8 Å². The highest BCUT2D eigenvalue weighted by atomic mass is 79.9. The fourth-order valence-electron chi connectivity index (χ4n) is 1.50. The summed E-state index contributed by atoms with van der Waals surface area (Å²) in [6.07, 6.45) is 2.54. The van der Waals surface area contributed by atoms with E-state index in [0.717, 1.165) is 5.56 Å². The molecule has 1 aliphatic carbocycles. The van der Waals surface area contributed by atoms with Gasteiger partial charge in [-0.1, -0.05) is 29.3 Å². The molecule has 0 spiro atoms. The van der Waals surface area contributed by atoms with Crippen molar-refractivity contribution < 1.29 is 13.2 Å². The van der Waals surface area contributed by atoms with Crippen LogP contribution in [0.25, 0.3) is 0 Å². The van der Waals surface area contributed by atoms with Crippen molar-refractivity contribution in [2.75, 3.05) is 0 Å². The number of ketones is 1. The number of aryl methyl sites for hydroxylation is 1. The van der Waals surface area contributed by atoms with Gasteiger partial charge in [0.15, 0.2) is 0 Å². The van der Waals surface area contributed by atoms with Crippen molar-refractivity contribution in [1.29, 1.82) is 0 Å². The van der Waals surface area contributed by atoms with E-state index in [1.54, 1.807) is 12.1 Å². The molecule has 0 aliphatic heterocycles. The number of allylic oxidation sites excluding steroid dienone is 4. The number of carbonyl (C=O) groups is 1. The molecule has 1 aliphatic rings. The van der Waals surface area contributed by atoms with Gasteiger partial charge >= 0.3 is 0 Å². The molecule has 20 heavy (non-hydrogen) atoms. The Labute approximate surface area is 130 Å². The van der Waals surface area contributed by atoms with Crippen molar-refractivity contribution >= 4 is 49.0 Å². The number of halogens is 2. The molecule has 104 valence electrons. The lowest BCUT2D eigenvalue weighted by Gasteiger charge is -2.06. The summed E-state index contributed by atoms with van der Waals surface area (Å²) in [4.78, 5) is 11.5. The average Bonchev–Trinajstić information content (AvgIpc) is 2.36. The molecule has 2 rings (SSSR count). The maximum atomic E-state index is 12.1. The molecular weight excluding hydrogens is 366 g/mol. The zero-order chi connectivity index (χ0) is 14.9. The molecule has 0 atom stereocenters. The second kappa shape index (κ2) is 5.63. The summed E-state index contributed by atoms with van der Waals surface area (Å²) >= 11 is 8.74. The molecule has 0 N–H and O–H groups in total. The standard InChI is InChI=1S/C13H9BrClNO3S/c1-8-2-4-10(5-3-8)20(18,19)16-9-6-11(14)13(17)12(15)7-9/h2-7H,1H3/b16-9-. The Morgan fingerprint density at radius 3 is 2.30 bits per heavy atom. The van der Waals surface area contributed by atoms with E-state index in [4.69, 9.17) is 11.6 Å². The summed E-state index contributed by atoms with van der Waals surface area (Å²) in [5.41, 5.74) is 1.05. The quantitative estimate of drug-likeness (QED) is 0.747. The first-order valence-corrected chi connectivity index (χ1v) is 8.11. The van der Waals surface area contributed by atoms with E-state index in [9.17, 15) is 13.2 Å². The van der Waals surface area contributed by atoms with Gasteiger partial charge in [0, 0.05) is 0 Å². The lowest BCUT2D eigenvalue weighted by Crippen LogP contribution is -2.10. The van der Waals surface area contributed by atoms with E-state index < -0.39 is 15.8 Å². The molecular formula is C13H9BrClNO3S. The van der Waals surface area contributed by atoms with Crippen LogP contribution in [0, 0.1) is 6.92 Å². The van der Waals surface area contributed by atoms with Gasteiger partial charge in [0.2, 0.25) is 5.78 Å². The van der Waals surface area contributed by atoms with E-state index in [-0.39, 0.29) is 20.1 Å². The predicted octanol–water partition coefficient (Wildman–Crippen LogP) is 3.11. The first-order chi connectivity index (χ1) is 9.29. The third kappa shape index (κ3) is 3.26. The Kier molecular flexibility index (Phi) is 4.27. The third-order valence-electron chi connectivity index (χ3n) is 2.53. The minimum atomic E-state index is -3.83. The molecule has 0 aromatic heterocycles. The fourth-order valence-corrected chi connectivity index (χ4v) is 3.25. The number of Topliss-reactive ketones (excluding diaryl/α,β-unsaturated/α-hetero) is 1. The van der Waals surface area contributed by atoms with Crippen LogP contribution >= 0.6 is 27.5 Å².